The second-order valence-corrected chi connectivity index (χ2v) is 4.31. The summed E-state index contributed by atoms with van der Waals surface area (Å²) in [6, 6.07) is 0.323. The molecule has 1 fully saturated rings. The lowest BCUT2D eigenvalue weighted by molar-refractivity contribution is -0.192. The highest BCUT2D eigenvalue weighted by Crippen LogP contribution is 2.15. The van der Waals surface area contributed by atoms with Gasteiger partial charge in [-0.25, -0.2) is 0 Å². The van der Waals surface area contributed by atoms with E-state index in [9.17, 15) is 13.2 Å². The second-order valence-electron chi connectivity index (χ2n) is 4.31. The zero-order chi connectivity index (χ0) is 12.0. The summed E-state index contributed by atoms with van der Waals surface area (Å²) in [6.45, 7) is 1.59. The Labute approximate surface area is 93.7 Å². The van der Waals surface area contributed by atoms with Crippen LogP contribution in [0.4, 0.5) is 13.2 Å². The molecular weight excluding hydrogens is 221 g/mol. The molecular formula is C10H19F3N2O. The Kier molecular flexibility index (Phi) is 5.51. The van der Waals surface area contributed by atoms with Crippen LogP contribution < -0.4 is 10.8 Å². The topological polar surface area (TPSA) is 33.3 Å². The molecule has 2 N–H and O–H groups in total. The van der Waals surface area contributed by atoms with E-state index < -0.39 is 12.8 Å². The first-order chi connectivity index (χ1) is 7.47. The molecule has 0 aromatic carbocycles. The van der Waals surface area contributed by atoms with E-state index in [-0.39, 0.29) is 6.04 Å². The number of hydrogen-bond donors (Lipinski definition) is 2. The first-order valence-electron chi connectivity index (χ1n) is 5.65. The molecule has 0 aliphatic carbocycles. The molecule has 16 heavy (non-hydrogen) atoms. The van der Waals surface area contributed by atoms with Gasteiger partial charge in [0.1, 0.15) is 0 Å². The normalized spacial score (nSPS) is 24.4. The summed E-state index contributed by atoms with van der Waals surface area (Å²) >= 11 is 0. The Bertz CT molecular complexity index is 193. The van der Waals surface area contributed by atoms with Gasteiger partial charge in [-0.2, -0.15) is 18.7 Å². The van der Waals surface area contributed by atoms with Crippen molar-refractivity contribution in [2.45, 2.75) is 50.9 Å². The Morgan fingerprint density at radius 1 is 1.44 bits per heavy atom. The smallest absolute Gasteiger partial charge is 0.314 e. The van der Waals surface area contributed by atoms with Gasteiger partial charge in [-0.05, 0) is 32.7 Å². The lowest BCUT2D eigenvalue weighted by Gasteiger charge is -2.26. The zero-order valence-electron chi connectivity index (χ0n) is 9.44. The van der Waals surface area contributed by atoms with Crippen LogP contribution in [0.1, 0.15) is 32.6 Å². The third kappa shape index (κ3) is 6.30. The van der Waals surface area contributed by atoms with E-state index in [0.29, 0.717) is 6.04 Å². The maximum atomic E-state index is 11.8. The lowest BCUT2D eigenvalue weighted by Crippen LogP contribution is -2.40. The molecule has 2 unspecified atom stereocenters. The van der Waals surface area contributed by atoms with Crippen LogP contribution in [-0.2, 0) is 4.84 Å². The quantitative estimate of drug-likeness (QED) is 0.721. The molecule has 1 rings (SSSR count). The van der Waals surface area contributed by atoms with Crippen molar-refractivity contribution >= 4 is 0 Å². The van der Waals surface area contributed by atoms with Crippen molar-refractivity contribution < 1.29 is 18.0 Å². The van der Waals surface area contributed by atoms with Crippen LogP contribution in [0.5, 0.6) is 0 Å². The minimum atomic E-state index is -4.27. The van der Waals surface area contributed by atoms with Crippen molar-refractivity contribution in [3.63, 3.8) is 0 Å². The van der Waals surface area contributed by atoms with E-state index in [1.54, 1.807) is 0 Å². The van der Waals surface area contributed by atoms with E-state index in [1.165, 1.54) is 12.8 Å². The van der Waals surface area contributed by atoms with Crippen molar-refractivity contribution in [3.8, 4) is 0 Å². The summed E-state index contributed by atoms with van der Waals surface area (Å²) in [6.07, 6.45) is -0.0182. The van der Waals surface area contributed by atoms with E-state index >= 15 is 0 Å². The standard InChI is InChI=1S/C10H19F3N2O/c1-8(15-16-7-10(11,12)13)6-9-4-2-3-5-14-9/h8-9,14-15H,2-7H2,1H3. The Balaban J connectivity index is 2.08. The van der Waals surface area contributed by atoms with Crippen molar-refractivity contribution in [2.24, 2.45) is 0 Å². The van der Waals surface area contributed by atoms with Gasteiger partial charge in [-0.15, -0.1) is 0 Å². The Morgan fingerprint density at radius 3 is 2.75 bits per heavy atom. The monoisotopic (exact) mass is 240 g/mol. The van der Waals surface area contributed by atoms with Gasteiger partial charge in [-0.1, -0.05) is 6.42 Å². The van der Waals surface area contributed by atoms with Gasteiger partial charge in [0, 0.05) is 12.1 Å². The van der Waals surface area contributed by atoms with Crippen LogP contribution in [0.2, 0.25) is 0 Å². The van der Waals surface area contributed by atoms with Crippen LogP contribution in [0.15, 0.2) is 0 Å². The van der Waals surface area contributed by atoms with Gasteiger partial charge in [0.15, 0.2) is 6.61 Å². The number of hydrogen-bond acceptors (Lipinski definition) is 3. The maximum Gasteiger partial charge on any atom is 0.413 e. The van der Waals surface area contributed by atoms with Gasteiger partial charge in [0.05, 0.1) is 0 Å². The minimum absolute atomic E-state index is 0.0713. The van der Waals surface area contributed by atoms with Crippen molar-refractivity contribution in [3.05, 3.63) is 0 Å². The summed E-state index contributed by atoms with van der Waals surface area (Å²) in [5.41, 5.74) is 2.43. The van der Waals surface area contributed by atoms with Crippen LogP contribution >= 0.6 is 0 Å². The van der Waals surface area contributed by atoms with Crippen molar-refractivity contribution in [1.29, 1.82) is 0 Å². The average molecular weight is 240 g/mol. The van der Waals surface area contributed by atoms with Gasteiger partial charge in [-0.3, -0.25) is 4.84 Å². The average Bonchev–Trinajstić information content (AvgIpc) is 2.17. The third-order valence-electron chi connectivity index (χ3n) is 2.57. The van der Waals surface area contributed by atoms with Gasteiger partial charge in [0.2, 0.25) is 0 Å². The van der Waals surface area contributed by atoms with E-state index in [1.807, 2.05) is 6.92 Å². The SMILES string of the molecule is CC(CC1CCCCN1)NOCC(F)(F)F. The molecule has 96 valence electrons. The largest absolute Gasteiger partial charge is 0.413 e. The van der Waals surface area contributed by atoms with E-state index in [2.05, 4.69) is 15.6 Å². The van der Waals surface area contributed by atoms with Gasteiger partial charge >= 0.3 is 6.18 Å². The summed E-state index contributed by atoms with van der Waals surface area (Å²) < 4.78 is 35.4. The predicted octanol–water partition coefficient (Wildman–Crippen LogP) is 1.99. The molecule has 0 aromatic heterocycles. The molecule has 3 nitrogen and oxygen atoms in total. The van der Waals surface area contributed by atoms with E-state index in [0.717, 1.165) is 19.4 Å². The predicted molar refractivity (Wildman–Crippen MR) is 54.9 cm³/mol. The highest BCUT2D eigenvalue weighted by atomic mass is 19.4. The molecule has 0 saturated carbocycles. The van der Waals surface area contributed by atoms with Crippen molar-refractivity contribution in [2.75, 3.05) is 13.2 Å². The molecule has 0 radical (unpaired) electrons. The lowest BCUT2D eigenvalue weighted by atomic mass is 9.99. The number of halogens is 3. The molecule has 0 amide bonds. The number of nitrogens with one attached hydrogen (secondary N) is 2. The zero-order valence-corrected chi connectivity index (χ0v) is 9.44. The summed E-state index contributed by atoms with van der Waals surface area (Å²) in [5, 5.41) is 3.34. The van der Waals surface area contributed by atoms with Gasteiger partial charge in [0.25, 0.3) is 0 Å². The summed E-state index contributed by atoms with van der Waals surface area (Å²) in [7, 11) is 0. The molecule has 1 heterocycles. The molecule has 1 aliphatic rings. The van der Waals surface area contributed by atoms with E-state index in [4.69, 9.17) is 0 Å². The molecule has 2 atom stereocenters. The highest BCUT2D eigenvalue weighted by Gasteiger charge is 2.28. The number of alkyl halides is 3. The van der Waals surface area contributed by atoms with Crippen LogP contribution in [0.3, 0.4) is 0 Å². The Hall–Kier alpha value is -0.330. The molecule has 1 saturated heterocycles. The fraction of sp³-hybridized carbons (Fsp3) is 1.00. The van der Waals surface area contributed by atoms with Crippen LogP contribution in [0, 0.1) is 0 Å². The third-order valence-corrected chi connectivity index (χ3v) is 2.57. The number of hydroxylamine groups is 1. The number of rotatable bonds is 5. The molecule has 0 spiro atoms. The maximum absolute atomic E-state index is 11.8. The van der Waals surface area contributed by atoms with Crippen LogP contribution in [-0.4, -0.2) is 31.4 Å². The highest BCUT2D eigenvalue weighted by molar-refractivity contribution is 4.75. The molecule has 6 heteroatoms. The first-order valence-corrected chi connectivity index (χ1v) is 5.65. The number of piperidine rings is 1. The second kappa shape index (κ2) is 6.42. The Morgan fingerprint density at radius 2 is 2.19 bits per heavy atom. The fourth-order valence-electron chi connectivity index (χ4n) is 1.87. The summed E-state index contributed by atoms with van der Waals surface area (Å²) in [5.74, 6) is 0. The molecule has 1 aliphatic heterocycles. The van der Waals surface area contributed by atoms with Gasteiger partial charge < -0.3 is 5.32 Å². The molecule has 0 bridgehead atoms. The minimum Gasteiger partial charge on any atom is -0.314 e. The first kappa shape index (κ1) is 13.7. The molecule has 0 aromatic rings. The summed E-state index contributed by atoms with van der Waals surface area (Å²) in [4.78, 5) is 4.40. The van der Waals surface area contributed by atoms with Crippen LogP contribution in [0.25, 0.3) is 0 Å². The fourth-order valence-corrected chi connectivity index (χ4v) is 1.87. The van der Waals surface area contributed by atoms with Crippen molar-refractivity contribution in [1.82, 2.24) is 10.8 Å².